The monoisotopic (exact) mass is 333 g/mol. The van der Waals surface area contributed by atoms with Crippen LogP contribution in [-0.4, -0.2) is 10.8 Å². The highest BCUT2D eigenvalue weighted by atomic mass is 79.9. The van der Waals surface area contributed by atoms with E-state index in [1.807, 2.05) is 24.4 Å². The number of H-pyrrole nitrogens is 1. The lowest BCUT2D eigenvalue weighted by molar-refractivity contribution is 0.0972. The molecule has 1 N–H and O–H groups in total. The van der Waals surface area contributed by atoms with E-state index < -0.39 is 0 Å². The van der Waals surface area contributed by atoms with Crippen LogP contribution in [0.25, 0.3) is 10.9 Å². The summed E-state index contributed by atoms with van der Waals surface area (Å²) >= 11 is 3.55. The van der Waals surface area contributed by atoms with Crippen molar-refractivity contribution in [3.63, 3.8) is 0 Å². The summed E-state index contributed by atoms with van der Waals surface area (Å²) < 4.78 is 0.997. The SMILES string of the molecule is O=C(CCC1CCCCC1)c1c[nH]c2cccc(Br)c12. The van der Waals surface area contributed by atoms with Crippen LogP contribution in [0.5, 0.6) is 0 Å². The van der Waals surface area contributed by atoms with Gasteiger partial charge in [-0.05, 0) is 24.5 Å². The van der Waals surface area contributed by atoms with Gasteiger partial charge in [0.15, 0.2) is 5.78 Å². The summed E-state index contributed by atoms with van der Waals surface area (Å²) in [6.07, 6.45) is 10.3. The highest BCUT2D eigenvalue weighted by molar-refractivity contribution is 9.10. The van der Waals surface area contributed by atoms with E-state index >= 15 is 0 Å². The van der Waals surface area contributed by atoms with Crippen LogP contribution in [0.2, 0.25) is 0 Å². The number of Topliss-reactive ketones (excluding diaryl/α,β-unsaturated/α-hetero) is 1. The minimum atomic E-state index is 0.272. The van der Waals surface area contributed by atoms with Crippen molar-refractivity contribution in [2.45, 2.75) is 44.9 Å². The Morgan fingerprint density at radius 3 is 2.85 bits per heavy atom. The summed E-state index contributed by atoms with van der Waals surface area (Å²) in [7, 11) is 0. The van der Waals surface area contributed by atoms with Gasteiger partial charge in [0.2, 0.25) is 0 Å². The molecule has 0 aliphatic heterocycles. The van der Waals surface area contributed by atoms with Crippen LogP contribution in [0.15, 0.2) is 28.9 Å². The van der Waals surface area contributed by atoms with E-state index in [-0.39, 0.29) is 5.78 Å². The van der Waals surface area contributed by atoms with Crippen molar-refractivity contribution in [2.24, 2.45) is 5.92 Å². The van der Waals surface area contributed by atoms with Crippen LogP contribution in [0.3, 0.4) is 0 Å². The van der Waals surface area contributed by atoms with Crippen molar-refractivity contribution in [3.8, 4) is 0 Å². The number of carbonyl (C=O) groups excluding carboxylic acids is 1. The van der Waals surface area contributed by atoms with Crippen molar-refractivity contribution < 1.29 is 4.79 Å². The maximum absolute atomic E-state index is 12.5. The standard InChI is InChI=1S/C17H20BrNO/c18-14-7-4-8-15-17(14)13(11-19-15)16(20)10-9-12-5-2-1-3-6-12/h4,7-8,11-12,19H,1-3,5-6,9-10H2. The van der Waals surface area contributed by atoms with Gasteiger partial charge in [-0.1, -0.05) is 54.1 Å². The highest BCUT2D eigenvalue weighted by Gasteiger charge is 2.18. The average Bonchev–Trinajstić information content (AvgIpc) is 2.91. The summed E-state index contributed by atoms with van der Waals surface area (Å²) in [5, 5.41) is 1.03. The summed E-state index contributed by atoms with van der Waals surface area (Å²) in [4.78, 5) is 15.7. The van der Waals surface area contributed by atoms with E-state index in [4.69, 9.17) is 0 Å². The fraction of sp³-hybridized carbons (Fsp3) is 0.471. The molecule has 1 aliphatic carbocycles. The number of hydrogen-bond donors (Lipinski definition) is 1. The Morgan fingerprint density at radius 2 is 2.05 bits per heavy atom. The zero-order chi connectivity index (χ0) is 13.9. The number of rotatable bonds is 4. The predicted molar refractivity (Wildman–Crippen MR) is 86.1 cm³/mol. The zero-order valence-electron chi connectivity index (χ0n) is 11.6. The second-order valence-corrected chi connectivity index (χ2v) is 6.68. The fourth-order valence-electron chi connectivity index (χ4n) is 3.31. The third-order valence-electron chi connectivity index (χ3n) is 4.46. The molecule has 1 aromatic heterocycles. The van der Waals surface area contributed by atoms with Gasteiger partial charge in [-0.3, -0.25) is 4.79 Å². The van der Waals surface area contributed by atoms with Crippen LogP contribution in [-0.2, 0) is 0 Å². The molecular weight excluding hydrogens is 314 g/mol. The zero-order valence-corrected chi connectivity index (χ0v) is 13.2. The van der Waals surface area contributed by atoms with Crippen molar-refractivity contribution in [2.75, 3.05) is 0 Å². The molecule has 1 saturated carbocycles. The van der Waals surface area contributed by atoms with Gasteiger partial charge < -0.3 is 4.98 Å². The molecule has 0 atom stereocenters. The minimum Gasteiger partial charge on any atom is -0.360 e. The lowest BCUT2D eigenvalue weighted by Gasteiger charge is -2.20. The van der Waals surface area contributed by atoms with E-state index in [1.165, 1.54) is 32.1 Å². The third-order valence-corrected chi connectivity index (χ3v) is 5.12. The van der Waals surface area contributed by atoms with Crippen LogP contribution in [0.1, 0.15) is 55.3 Å². The molecule has 2 aromatic rings. The Kier molecular flexibility index (Phi) is 4.25. The first-order chi connectivity index (χ1) is 9.75. The number of benzene rings is 1. The molecule has 3 rings (SSSR count). The number of aromatic nitrogens is 1. The topological polar surface area (TPSA) is 32.9 Å². The molecule has 0 radical (unpaired) electrons. The van der Waals surface area contributed by atoms with Crippen LogP contribution in [0.4, 0.5) is 0 Å². The second kappa shape index (κ2) is 6.13. The molecule has 3 heteroatoms. The molecular formula is C17H20BrNO. The van der Waals surface area contributed by atoms with Gasteiger partial charge in [0.05, 0.1) is 0 Å². The molecule has 0 saturated heterocycles. The first-order valence-electron chi connectivity index (χ1n) is 7.54. The Labute approximate surface area is 128 Å². The Hall–Kier alpha value is -1.09. The first-order valence-corrected chi connectivity index (χ1v) is 8.34. The van der Waals surface area contributed by atoms with Gasteiger partial charge >= 0.3 is 0 Å². The molecule has 1 aliphatic rings. The predicted octanol–water partition coefficient (Wildman–Crippen LogP) is 5.47. The van der Waals surface area contributed by atoms with Crippen LogP contribution >= 0.6 is 15.9 Å². The summed E-state index contributed by atoms with van der Waals surface area (Å²) in [6, 6.07) is 5.99. The van der Waals surface area contributed by atoms with Gasteiger partial charge in [0.1, 0.15) is 0 Å². The third kappa shape index (κ3) is 2.83. The smallest absolute Gasteiger partial charge is 0.165 e. The van der Waals surface area contributed by atoms with Crippen molar-refractivity contribution in [3.05, 3.63) is 34.4 Å². The lowest BCUT2D eigenvalue weighted by Crippen LogP contribution is -2.09. The lowest BCUT2D eigenvalue weighted by atomic mass is 9.85. The van der Waals surface area contributed by atoms with Crippen molar-refractivity contribution in [1.29, 1.82) is 0 Å². The summed E-state index contributed by atoms with van der Waals surface area (Å²) in [6.45, 7) is 0. The molecule has 1 fully saturated rings. The number of carbonyl (C=O) groups is 1. The molecule has 1 heterocycles. The molecule has 106 valence electrons. The number of hydrogen-bond acceptors (Lipinski definition) is 1. The van der Waals surface area contributed by atoms with Gasteiger partial charge in [0.25, 0.3) is 0 Å². The Morgan fingerprint density at radius 1 is 1.25 bits per heavy atom. The summed E-state index contributed by atoms with van der Waals surface area (Å²) in [5.74, 6) is 1.04. The van der Waals surface area contributed by atoms with E-state index in [9.17, 15) is 4.79 Å². The maximum Gasteiger partial charge on any atom is 0.165 e. The maximum atomic E-state index is 12.5. The molecule has 0 amide bonds. The molecule has 20 heavy (non-hydrogen) atoms. The van der Waals surface area contributed by atoms with Crippen molar-refractivity contribution >= 4 is 32.6 Å². The van der Waals surface area contributed by atoms with E-state index in [0.717, 1.165) is 33.3 Å². The van der Waals surface area contributed by atoms with Crippen molar-refractivity contribution in [1.82, 2.24) is 4.98 Å². The van der Waals surface area contributed by atoms with Gasteiger partial charge in [-0.25, -0.2) is 0 Å². The Bertz CT molecular complexity index is 610. The van der Waals surface area contributed by atoms with E-state index in [1.54, 1.807) is 0 Å². The molecule has 0 unspecified atom stereocenters. The molecule has 0 spiro atoms. The average molecular weight is 334 g/mol. The normalized spacial score (nSPS) is 16.6. The first kappa shape index (κ1) is 13.9. The number of nitrogens with one attached hydrogen (secondary N) is 1. The number of halogens is 1. The number of ketones is 1. The van der Waals surface area contributed by atoms with Gasteiger partial charge in [-0.2, -0.15) is 0 Å². The van der Waals surface area contributed by atoms with Gasteiger partial charge in [0, 0.05) is 33.6 Å². The largest absolute Gasteiger partial charge is 0.360 e. The van der Waals surface area contributed by atoms with Crippen LogP contribution in [0, 0.1) is 5.92 Å². The minimum absolute atomic E-state index is 0.272. The van der Waals surface area contributed by atoms with E-state index in [2.05, 4.69) is 20.9 Å². The van der Waals surface area contributed by atoms with Crippen LogP contribution < -0.4 is 0 Å². The van der Waals surface area contributed by atoms with E-state index in [0.29, 0.717) is 6.42 Å². The quantitative estimate of drug-likeness (QED) is 0.739. The number of aromatic amines is 1. The molecule has 1 aromatic carbocycles. The molecule has 0 bridgehead atoms. The highest BCUT2D eigenvalue weighted by Crippen LogP contribution is 2.30. The van der Waals surface area contributed by atoms with Gasteiger partial charge in [-0.15, -0.1) is 0 Å². The molecule has 2 nitrogen and oxygen atoms in total. The second-order valence-electron chi connectivity index (χ2n) is 5.83. The number of fused-ring (bicyclic) bond motifs is 1. The summed E-state index contributed by atoms with van der Waals surface area (Å²) in [5.41, 5.74) is 1.86. The fourth-order valence-corrected chi connectivity index (χ4v) is 3.89. The Balaban J connectivity index is 1.72.